The Hall–Kier alpha value is -8.92. The molecule has 0 aliphatic rings. The van der Waals surface area contributed by atoms with Gasteiger partial charge in [0.25, 0.3) is 0 Å². The fourth-order valence-electron chi connectivity index (χ4n) is 10.4. The van der Waals surface area contributed by atoms with E-state index in [9.17, 15) is 0 Å². The van der Waals surface area contributed by atoms with Crippen LogP contribution in [0.1, 0.15) is 0 Å². The first-order chi connectivity index (χ1) is 33.1. The Morgan fingerprint density at radius 3 is 1.27 bits per heavy atom. The lowest BCUT2D eigenvalue weighted by Crippen LogP contribution is -1.92. The smallest absolute Gasteiger partial charge is 0.143 e. The van der Waals surface area contributed by atoms with Crippen molar-refractivity contribution in [2.75, 3.05) is 0 Å². The molecule has 0 unspecified atom stereocenters. The number of aromatic nitrogens is 2. The van der Waals surface area contributed by atoms with E-state index in [1.54, 1.807) is 0 Å². The van der Waals surface area contributed by atoms with Crippen molar-refractivity contribution in [1.82, 2.24) is 9.97 Å². The average molecular weight is 851 g/mol. The van der Waals surface area contributed by atoms with Gasteiger partial charge in [0.05, 0.1) is 22.9 Å². The Labute approximate surface area is 385 Å². The normalized spacial score (nSPS) is 11.9. The van der Waals surface area contributed by atoms with Crippen LogP contribution >= 0.6 is 0 Å². The molecule has 3 nitrogen and oxygen atoms in total. The molecular weight excluding hydrogens is 813 g/mol. The molecule has 0 saturated heterocycles. The van der Waals surface area contributed by atoms with Crippen LogP contribution < -0.4 is 0 Å². The number of para-hydroxylation sites is 2. The summed E-state index contributed by atoms with van der Waals surface area (Å²) >= 11 is 0. The molecule has 67 heavy (non-hydrogen) atoms. The van der Waals surface area contributed by atoms with Crippen LogP contribution in [0.4, 0.5) is 0 Å². The summed E-state index contributed by atoms with van der Waals surface area (Å²) in [4.78, 5) is 10.3. The summed E-state index contributed by atoms with van der Waals surface area (Å²) in [6, 6.07) is 81.0. The molecular formula is C64H38N2O. The molecule has 2 heterocycles. The summed E-state index contributed by atoms with van der Waals surface area (Å²) in [6.45, 7) is 0. The number of nitrogens with zero attached hydrogens (tertiary/aromatic N) is 2. The van der Waals surface area contributed by atoms with Crippen molar-refractivity contribution in [2.45, 2.75) is 0 Å². The lowest BCUT2D eigenvalue weighted by atomic mass is 9.94. The summed E-state index contributed by atoms with van der Waals surface area (Å²) in [5.41, 5.74) is 15.0. The maximum atomic E-state index is 6.36. The first-order valence-corrected chi connectivity index (χ1v) is 22.9. The van der Waals surface area contributed by atoms with Crippen molar-refractivity contribution >= 4 is 86.8 Å². The van der Waals surface area contributed by atoms with Crippen LogP contribution in [0.15, 0.2) is 235 Å². The Kier molecular flexibility index (Phi) is 8.28. The highest BCUT2D eigenvalue weighted by molar-refractivity contribution is 6.23. The number of fused-ring (bicyclic) bond motifs is 12. The van der Waals surface area contributed by atoms with Crippen LogP contribution in [0.3, 0.4) is 0 Å². The van der Waals surface area contributed by atoms with Gasteiger partial charge in [0, 0.05) is 32.7 Å². The van der Waals surface area contributed by atoms with E-state index in [4.69, 9.17) is 14.4 Å². The van der Waals surface area contributed by atoms with E-state index in [-0.39, 0.29) is 0 Å². The minimum absolute atomic E-state index is 0.865. The van der Waals surface area contributed by atoms with Gasteiger partial charge >= 0.3 is 0 Å². The van der Waals surface area contributed by atoms with Gasteiger partial charge in [-0.2, -0.15) is 0 Å². The number of rotatable bonds is 5. The molecule has 0 fully saturated rings. The molecule has 0 N–H and O–H groups in total. The maximum Gasteiger partial charge on any atom is 0.143 e. The van der Waals surface area contributed by atoms with Gasteiger partial charge < -0.3 is 4.42 Å². The predicted molar refractivity (Wildman–Crippen MR) is 282 cm³/mol. The number of hydrogen-bond acceptors (Lipinski definition) is 3. The molecule has 14 rings (SSSR count). The molecule has 310 valence electrons. The van der Waals surface area contributed by atoms with Crippen molar-refractivity contribution in [1.29, 1.82) is 0 Å². The van der Waals surface area contributed by atoms with Crippen LogP contribution in [-0.2, 0) is 0 Å². The molecule has 14 aromatic rings. The van der Waals surface area contributed by atoms with Crippen molar-refractivity contribution in [3.63, 3.8) is 0 Å². The van der Waals surface area contributed by atoms with E-state index in [2.05, 4.69) is 212 Å². The standard InChI is InChI=1S/C64H38N2O/c1-3-14-57-54(11-1)55-12-2-4-15-58(55)63-62(57)65-38-60(66-63)52-10-7-9-39(37-52)40-19-20-42-32-43(22-21-41(42)31-40)44-23-24-46-34-47(26-25-45(46)33-44)48-27-28-50-36-51(30-29-49(50)35-48)53-16-8-17-59-56-13-5-6-18-61(56)67-64(53)59/h1-38H. The van der Waals surface area contributed by atoms with Gasteiger partial charge in [0.2, 0.25) is 0 Å². The monoisotopic (exact) mass is 850 g/mol. The highest BCUT2D eigenvalue weighted by Crippen LogP contribution is 2.39. The maximum absolute atomic E-state index is 6.36. The molecule has 0 bridgehead atoms. The second-order valence-corrected chi connectivity index (χ2v) is 17.7. The number of furan rings is 1. The van der Waals surface area contributed by atoms with Gasteiger partial charge in [-0.05, 0) is 131 Å². The Balaban J connectivity index is 0.730. The molecule has 0 amide bonds. The molecule has 12 aromatic carbocycles. The quantitative estimate of drug-likeness (QED) is 0.162. The zero-order valence-electron chi connectivity index (χ0n) is 36.2. The Morgan fingerprint density at radius 1 is 0.284 bits per heavy atom. The summed E-state index contributed by atoms with van der Waals surface area (Å²) in [6.07, 6.45) is 1.92. The molecule has 0 radical (unpaired) electrons. The van der Waals surface area contributed by atoms with Crippen LogP contribution in [0.2, 0.25) is 0 Å². The van der Waals surface area contributed by atoms with Crippen LogP contribution in [0, 0.1) is 0 Å². The van der Waals surface area contributed by atoms with Gasteiger partial charge in [0.1, 0.15) is 11.2 Å². The minimum atomic E-state index is 0.865. The second kappa shape index (κ2) is 14.8. The molecule has 0 aliphatic carbocycles. The van der Waals surface area contributed by atoms with Gasteiger partial charge in [-0.15, -0.1) is 0 Å². The van der Waals surface area contributed by atoms with Crippen LogP contribution in [0.25, 0.3) is 143 Å². The summed E-state index contributed by atoms with van der Waals surface area (Å²) < 4.78 is 6.36. The summed E-state index contributed by atoms with van der Waals surface area (Å²) in [5, 5.41) is 14.2. The topological polar surface area (TPSA) is 38.9 Å². The summed E-state index contributed by atoms with van der Waals surface area (Å²) in [7, 11) is 0. The highest BCUT2D eigenvalue weighted by Gasteiger charge is 2.15. The van der Waals surface area contributed by atoms with Gasteiger partial charge in [-0.3, -0.25) is 4.98 Å². The minimum Gasteiger partial charge on any atom is -0.455 e. The third kappa shape index (κ3) is 6.20. The fraction of sp³-hybridized carbons (Fsp3) is 0. The van der Waals surface area contributed by atoms with Crippen LogP contribution in [0.5, 0.6) is 0 Å². The van der Waals surface area contributed by atoms with Crippen molar-refractivity contribution in [2.24, 2.45) is 0 Å². The van der Waals surface area contributed by atoms with E-state index in [1.165, 1.54) is 70.9 Å². The van der Waals surface area contributed by atoms with Gasteiger partial charge in [0.15, 0.2) is 0 Å². The van der Waals surface area contributed by atoms with Crippen molar-refractivity contribution in [3.8, 4) is 55.8 Å². The highest BCUT2D eigenvalue weighted by atomic mass is 16.3. The third-order valence-corrected chi connectivity index (χ3v) is 13.8. The Bertz CT molecular complexity index is 4320. The van der Waals surface area contributed by atoms with Gasteiger partial charge in [-0.25, -0.2) is 4.98 Å². The molecule has 0 spiro atoms. The SMILES string of the molecule is c1cc(-c2ccc3cc(-c4ccc5cc(-c6ccc7cc(-c8cccc9c8oc8ccccc89)ccc7c6)ccc5c4)ccc3c2)cc(-c2cnc3c4ccccc4c4ccccc4c3n2)c1. The third-order valence-electron chi connectivity index (χ3n) is 13.8. The first-order valence-electron chi connectivity index (χ1n) is 22.9. The number of benzene rings is 12. The van der Waals surface area contributed by atoms with Crippen molar-refractivity contribution < 1.29 is 4.42 Å². The fourth-order valence-corrected chi connectivity index (χ4v) is 10.4. The van der Waals surface area contributed by atoms with E-state index in [1.807, 2.05) is 18.3 Å². The second-order valence-electron chi connectivity index (χ2n) is 17.7. The average Bonchev–Trinajstić information content (AvgIpc) is 3.79. The molecule has 0 saturated carbocycles. The van der Waals surface area contributed by atoms with Crippen molar-refractivity contribution in [3.05, 3.63) is 231 Å². The molecule has 0 aliphatic heterocycles. The first kappa shape index (κ1) is 37.5. The molecule has 3 heteroatoms. The lowest BCUT2D eigenvalue weighted by molar-refractivity contribution is 0.670. The summed E-state index contributed by atoms with van der Waals surface area (Å²) in [5.74, 6) is 0. The molecule has 0 atom stereocenters. The van der Waals surface area contributed by atoms with Crippen LogP contribution in [-0.4, -0.2) is 9.97 Å². The Morgan fingerprint density at radius 2 is 0.701 bits per heavy atom. The lowest BCUT2D eigenvalue weighted by Gasteiger charge is -2.11. The zero-order valence-corrected chi connectivity index (χ0v) is 36.2. The number of hydrogen-bond donors (Lipinski definition) is 0. The largest absolute Gasteiger partial charge is 0.455 e. The van der Waals surface area contributed by atoms with E-state index >= 15 is 0 Å². The van der Waals surface area contributed by atoms with E-state index < -0.39 is 0 Å². The van der Waals surface area contributed by atoms with E-state index in [0.29, 0.717) is 0 Å². The van der Waals surface area contributed by atoms with Gasteiger partial charge in [-0.1, -0.05) is 176 Å². The predicted octanol–water partition coefficient (Wildman–Crippen LogP) is 17.6. The molecule has 2 aromatic heterocycles. The zero-order chi connectivity index (χ0) is 44.0. The van der Waals surface area contributed by atoms with E-state index in [0.717, 1.165) is 71.7 Å².